The van der Waals surface area contributed by atoms with Gasteiger partial charge in [-0.2, -0.15) is 0 Å². The lowest BCUT2D eigenvalue weighted by Crippen LogP contribution is -2.53. The smallest absolute Gasteiger partial charge is 0.107 e. The molecular formula is C40H83NO4. The number of aliphatic hydroxyl groups excluding tert-OH is 2. The van der Waals surface area contributed by atoms with Crippen molar-refractivity contribution in [2.24, 2.45) is 0 Å². The Morgan fingerprint density at radius 2 is 0.911 bits per heavy atom. The van der Waals surface area contributed by atoms with Gasteiger partial charge in [-0.05, 0) is 38.5 Å². The van der Waals surface area contributed by atoms with E-state index in [4.69, 9.17) is 9.47 Å². The largest absolute Gasteiger partial charge is 0.394 e. The highest BCUT2D eigenvalue weighted by atomic mass is 16.5. The molecular weight excluding hydrogens is 558 g/mol. The summed E-state index contributed by atoms with van der Waals surface area (Å²) in [5, 5.41) is 24.0. The molecule has 0 aliphatic heterocycles. The van der Waals surface area contributed by atoms with Crippen LogP contribution in [0.2, 0.25) is 0 Å². The molecule has 0 aromatic heterocycles. The Kier molecular flexibility index (Phi) is 35.0. The molecule has 0 aromatic rings. The Bertz CT molecular complexity index is 558. The van der Waals surface area contributed by atoms with Crippen LogP contribution in [0.5, 0.6) is 0 Å². The number of hydrogen-bond acceptors (Lipinski definition) is 5. The van der Waals surface area contributed by atoms with Gasteiger partial charge in [0.15, 0.2) is 0 Å². The van der Waals surface area contributed by atoms with E-state index in [0.717, 1.165) is 51.7 Å². The zero-order valence-corrected chi connectivity index (χ0v) is 31.2. The van der Waals surface area contributed by atoms with Crippen LogP contribution in [0.25, 0.3) is 0 Å². The minimum Gasteiger partial charge on any atom is -0.394 e. The van der Waals surface area contributed by atoms with Gasteiger partial charge in [-0.15, -0.1) is 0 Å². The molecule has 0 aliphatic carbocycles. The van der Waals surface area contributed by atoms with Crippen molar-refractivity contribution >= 4 is 0 Å². The molecule has 0 rings (SSSR count). The van der Waals surface area contributed by atoms with Crippen molar-refractivity contribution in [3.8, 4) is 0 Å². The van der Waals surface area contributed by atoms with Gasteiger partial charge in [-0.25, -0.2) is 0 Å². The molecule has 5 nitrogen and oxygen atoms in total. The monoisotopic (exact) mass is 642 g/mol. The van der Waals surface area contributed by atoms with E-state index in [1.807, 2.05) is 0 Å². The Morgan fingerprint density at radius 1 is 0.533 bits per heavy atom. The highest BCUT2D eigenvalue weighted by molar-refractivity contribution is 4.91. The van der Waals surface area contributed by atoms with E-state index in [-0.39, 0.29) is 18.4 Å². The number of unbranched alkanes of at least 4 members (excludes halogenated alkanes) is 23. The molecule has 3 unspecified atom stereocenters. The van der Waals surface area contributed by atoms with Gasteiger partial charge in [0.25, 0.3) is 0 Å². The lowest BCUT2D eigenvalue weighted by atomic mass is 9.82. The van der Waals surface area contributed by atoms with Gasteiger partial charge in [0.2, 0.25) is 0 Å². The molecule has 0 spiro atoms. The molecule has 0 bridgehead atoms. The van der Waals surface area contributed by atoms with Crippen LogP contribution in [0.15, 0.2) is 0 Å². The van der Waals surface area contributed by atoms with Crippen LogP contribution in [0.3, 0.4) is 0 Å². The maximum Gasteiger partial charge on any atom is 0.107 e. The number of aliphatic hydroxyl groups is 2. The lowest BCUT2D eigenvalue weighted by Gasteiger charge is -2.39. The third-order valence-electron chi connectivity index (χ3n) is 9.80. The van der Waals surface area contributed by atoms with E-state index in [9.17, 15) is 10.2 Å². The fourth-order valence-corrected chi connectivity index (χ4v) is 6.86. The number of nitrogens with one attached hydrogen (secondary N) is 1. The van der Waals surface area contributed by atoms with E-state index in [2.05, 4.69) is 26.1 Å². The number of ether oxygens (including phenoxy) is 2. The zero-order valence-electron chi connectivity index (χ0n) is 31.2. The Morgan fingerprint density at radius 3 is 1.31 bits per heavy atom. The summed E-state index contributed by atoms with van der Waals surface area (Å²) in [6, 6.07) is 0. The number of rotatable bonds is 38. The van der Waals surface area contributed by atoms with Crippen LogP contribution in [-0.2, 0) is 9.47 Å². The highest BCUT2D eigenvalue weighted by Gasteiger charge is 2.33. The summed E-state index contributed by atoms with van der Waals surface area (Å²) in [5.74, 6) is 0. The molecule has 0 saturated heterocycles. The van der Waals surface area contributed by atoms with Crippen LogP contribution in [-0.4, -0.2) is 55.0 Å². The van der Waals surface area contributed by atoms with Crippen molar-refractivity contribution in [3.05, 3.63) is 0 Å². The summed E-state index contributed by atoms with van der Waals surface area (Å²) in [7, 11) is 1.76. The van der Waals surface area contributed by atoms with Crippen molar-refractivity contribution < 1.29 is 19.7 Å². The fourth-order valence-electron chi connectivity index (χ4n) is 6.86. The summed E-state index contributed by atoms with van der Waals surface area (Å²) < 4.78 is 11.8. The lowest BCUT2D eigenvalue weighted by molar-refractivity contribution is 0.0000874. The molecule has 0 saturated carbocycles. The summed E-state index contributed by atoms with van der Waals surface area (Å²) in [6.07, 6.45) is 37.5. The van der Waals surface area contributed by atoms with Crippen molar-refractivity contribution in [1.29, 1.82) is 0 Å². The number of hydrogen-bond donors (Lipinski definition) is 3. The molecule has 0 radical (unpaired) electrons. The summed E-state index contributed by atoms with van der Waals surface area (Å²) in [6.45, 7) is 8.13. The third-order valence-corrected chi connectivity index (χ3v) is 9.80. The number of methoxy groups -OCH3 is 1. The minimum absolute atomic E-state index is 0.0416. The van der Waals surface area contributed by atoms with Gasteiger partial charge in [-0.1, -0.05) is 175 Å². The van der Waals surface area contributed by atoms with Gasteiger partial charge in [0, 0.05) is 25.9 Å². The quantitative estimate of drug-likeness (QED) is 0.0462. The van der Waals surface area contributed by atoms with Crippen molar-refractivity contribution in [3.63, 3.8) is 0 Å². The average Bonchev–Trinajstić information content (AvgIpc) is 3.05. The molecule has 5 heteroatoms. The Labute approximate surface area is 282 Å². The molecule has 0 heterocycles. The zero-order chi connectivity index (χ0) is 33.1. The van der Waals surface area contributed by atoms with Crippen molar-refractivity contribution in [2.45, 2.75) is 231 Å². The van der Waals surface area contributed by atoms with E-state index in [1.54, 1.807) is 7.11 Å². The van der Waals surface area contributed by atoms with E-state index in [1.165, 1.54) is 148 Å². The maximum absolute atomic E-state index is 10.5. The van der Waals surface area contributed by atoms with Crippen LogP contribution in [0.4, 0.5) is 0 Å². The first kappa shape index (κ1) is 44.8. The van der Waals surface area contributed by atoms with E-state index in [0.29, 0.717) is 6.42 Å². The highest BCUT2D eigenvalue weighted by Crippen LogP contribution is 2.29. The molecule has 3 atom stereocenters. The van der Waals surface area contributed by atoms with Gasteiger partial charge >= 0.3 is 0 Å². The minimum atomic E-state index is -0.712. The second-order valence-corrected chi connectivity index (χ2v) is 14.2. The van der Waals surface area contributed by atoms with Crippen LogP contribution in [0, 0.1) is 0 Å². The second-order valence-electron chi connectivity index (χ2n) is 14.2. The van der Waals surface area contributed by atoms with Crippen LogP contribution < -0.4 is 5.32 Å². The van der Waals surface area contributed by atoms with Gasteiger partial charge < -0.3 is 19.7 Å². The van der Waals surface area contributed by atoms with Gasteiger partial charge in [-0.3, -0.25) is 5.32 Å². The van der Waals surface area contributed by atoms with E-state index < -0.39 is 6.10 Å². The van der Waals surface area contributed by atoms with E-state index >= 15 is 0 Å². The molecule has 3 N–H and O–H groups in total. The first-order valence-electron chi connectivity index (χ1n) is 20.2. The molecule has 45 heavy (non-hydrogen) atoms. The molecule has 0 aromatic carbocycles. The maximum atomic E-state index is 10.5. The van der Waals surface area contributed by atoms with Crippen LogP contribution >= 0.6 is 0 Å². The average molecular weight is 642 g/mol. The van der Waals surface area contributed by atoms with Gasteiger partial charge in [0.05, 0.1) is 12.7 Å². The third kappa shape index (κ3) is 29.7. The predicted molar refractivity (Wildman–Crippen MR) is 196 cm³/mol. The summed E-state index contributed by atoms with van der Waals surface area (Å²) in [5.41, 5.74) is -0.240. The molecule has 0 fully saturated rings. The first-order valence-corrected chi connectivity index (χ1v) is 20.2. The van der Waals surface area contributed by atoms with Crippen molar-refractivity contribution in [2.75, 3.05) is 26.9 Å². The predicted octanol–water partition coefficient (Wildman–Crippen LogP) is 11.4. The summed E-state index contributed by atoms with van der Waals surface area (Å²) in [4.78, 5) is 0. The second kappa shape index (κ2) is 35.1. The summed E-state index contributed by atoms with van der Waals surface area (Å²) >= 11 is 0. The van der Waals surface area contributed by atoms with Gasteiger partial charge in [0.1, 0.15) is 6.23 Å². The molecule has 272 valence electrons. The SMILES string of the molecule is CCCCCCCCCCCCCCCCOCCCC(CCCCCCCCCCCCC)(CC(O)CO)NC(CC)OC. The molecule has 0 aliphatic rings. The topological polar surface area (TPSA) is 71.0 Å². The normalized spacial score (nSPS) is 14.5. The van der Waals surface area contributed by atoms with Crippen molar-refractivity contribution in [1.82, 2.24) is 5.32 Å². The fraction of sp³-hybridized carbons (Fsp3) is 1.00. The first-order chi connectivity index (χ1) is 22.1. The Hall–Kier alpha value is -0.200. The standard InChI is InChI=1S/C40H83NO4/c1-5-8-10-12-14-16-18-19-20-22-24-26-28-30-34-45-35-31-33-40(36-38(43)37-42,41-39(7-3)44-4)32-29-27-25-23-21-17-15-13-11-9-6-2/h38-39,41-43H,5-37H2,1-4H3. The Balaban J connectivity index is 4.26. The van der Waals surface area contributed by atoms with Crippen LogP contribution in [0.1, 0.15) is 213 Å². The molecule has 0 amide bonds.